The highest BCUT2D eigenvalue weighted by Gasteiger charge is 2.24. The van der Waals surface area contributed by atoms with Crippen molar-refractivity contribution < 1.29 is 19.1 Å². The van der Waals surface area contributed by atoms with E-state index < -0.39 is 5.97 Å². The summed E-state index contributed by atoms with van der Waals surface area (Å²) in [6.07, 6.45) is 1.47. The number of hydrogen-bond donors (Lipinski definition) is 1. The zero-order valence-electron chi connectivity index (χ0n) is 15.9. The van der Waals surface area contributed by atoms with Gasteiger partial charge in [-0.25, -0.2) is 9.59 Å². The topological polar surface area (TPSA) is 94.6 Å². The molecule has 7 heteroatoms. The van der Waals surface area contributed by atoms with E-state index in [-0.39, 0.29) is 22.9 Å². The van der Waals surface area contributed by atoms with Crippen molar-refractivity contribution in [3.63, 3.8) is 0 Å². The van der Waals surface area contributed by atoms with Gasteiger partial charge in [0.1, 0.15) is 0 Å². The Hall–Kier alpha value is -3.45. The molecule has 0 atom stereocenters. The number of nitrogens with zero attached hydrogens (tertiary/aromatic N) is 2. The van der Waals surface area contributed by atoms with E-state index in [0.29, 0.717) is 23.0 Å². The zero-order valence-corrected chi connectivity index (χ0v) is 15.9. The van der Waals surface area contributed by atoms with Crippen LogP contribution in [0, 0.1) is 0 Å². The molecule has 28 heavy (non-hydrogen) atoms. The second kappa shape index (κ2) is 7.66. The smallest absolute Gasteiger partial charge is 0.338 e. The Kier molecular flexibility index (Phi) is 5.28. The Labute approximate surface area is 162 Å². The van der Waals surface area contributed by atoms with Crippen molar-refractivity contribution in [1.29, 1.82) is 0 Å². The van der Waals surface area contributed by atoms with Crippen molar-refractivity contribution in [2.75, 3.05) is 21.2 Å². The summed E-state index contributed by atoms with van der Waals surface area (Å²) in [4.78, 5) is 39.5. The molecule has 1 aromatic heterocycles. The Morgan fingerprint density at radius 3 is 2.29 bits per heavy atom. The fourth-order valence-corrected chi connectivity index (χ4v) is 3.06. The molecule has 2 aromatic carbocycles. The normalized spacial score (nSPS) is 10.7. The third-order valence-corrected chi connectivity index (χ3v) is 4.52. The number of nitrogens with two attached hydrogens (primary N) is 1. The molecule has 1 amide bonds. The maximum atomic E-state index is 13.2. The molecular weight excluding hydrogens is 358 g/mol. The second-order valence-electron chi connectivity index (χ2n) is 6.51. The molecule has 0 fully saturated rings. The Morgan fingerprint density at radius 1 is 1.04 bits per heavy atom. The second-order valence-corrected chi connectivity index (χ2v) is 6.51. The summed E-state index contributed by atoms with van der Waals surface area (Å²) in [6, 6.07) is 11.5. The minimum atomic E-state index is -0.576. The number of rotatable bonds is 4. The largest absolute Gasteiger partial charge is 0.465 e. The van der Waals surface area contributed by atoms with Crippen LogP contribution in [0.3, 0.4) is 0 Å². The lowest BCUT2D eigenvalue weighted by atomic mass is 9.98. The number of methoxy groups -OCH3 is 1. The van der Waals surface area contributed by atoms with Gasteiger partial charge in [0, 0.05) is 43.4 Å². The molecular formula is C21H21N3O4. The molecule has 3 aromatic rings. The highest BCUT2D eigenvalue weighted by molar-refractivity contribution is 6.21. The molecule has 0 aliphatic carbocycles. The van der Waals surface area contributed by atoms with E-state index in [4.69, 9.17) is 10.5 Å². The molecule has 0 spiro atoms. The molecule has 0 unspecified atom stereocenters. The molecule has 0 aliphatic rings. The van der Waals surface area contributed by atoms with Gasteiger partial charge in [0.15, 0.2) is 5.78 Å². The maximum Gasteiger partial charge on any atom is 0.338 e. The molecule has 1 heterocycles. The van der Waals surface area contributed by atoms with E-state index >= 15 is 0 Å². The number of amides is 1. The molecule has 2 N–H and O–H groups in total. The van der Waals surface area contributed by atoms with Gasteiger partial charge in [-0.3, -0.25) is 9.36 Å². The fraction of sp³-hybridized carbons (Fsp3) is 0.190. The van der Waals surface area contributed by atoms with Crippen molar-refractivity contribution in [2.45, 2.75) is 6.54 Å². The highest BCUT2D eigenvalue weighted by atomic mass is 16.5. The van der Waals surface area contributed by atoms with Crippen LogP contribution in [0.25, 0.3) is 10.9 Å². The fourth-order valence-electron chi connectivity index (χ4n) is 3.06. The van der Waals surface area contributed by atoms with E-state index in [1.807, 2.05) is 0 Å². The number of hydrogen-bond acceptors (Lipinski definition) is 5. The quantitative estimate of drug-likeness (QED) is 0.555. The van der Waals surface area contributed by atoms with Crippen LogP contribution in [0.4, 0.5) is 4.79 Å². The SMILES string of the molecule is COC(=O)c1cccc2c1c(C(=O)c1ccc(CN)cc1)cn2C(=O)N(C)C. The molecule has 0 saturated heterocycles. The molecule has 144 valence electrons. The first-order valence-corrected chi connectivity index (χ1v) is 8.66. The summed E-state index contributed by atoms with van der Waals surface area (Å²) in [6.45, 7) is 0.373. The third-order valence-electron chi connectivity index (χ3n) is 4.52. The number of esters is 1. The van der Waals surface area contributed by atoms with Crippen LogP contribution in [0.1, 0.15) is 31.8 Å². The van der Waals surface area contributed by atoms with Gasteiger partial charge in [0.25, 0.3) is 0 Å². The number of benzene rings is 2. The van der Waals surface area contributed by atoms with Crippen LogP contribution >= 0.6 is 0 Å². The van der Waals surface area contributed by atoms with Crippen LogP contribution in [-0.4, -0.2) is 48.5 Å². The molecule has 0 radical (unpaired) electrons. The molecule has 0 aliphatic heterocycles. The number of fused-ring (bicyclic) bond motifs is 1. The van der Waals surface area contributed by atoms with Crippen LogP contribution in [0.5, 0.6) is 0 Å². The van der Waals surface area contributed by atoms with Gasteiger partial charge in [-0.05, 0) is 17.7 Å². The summed E-state index contributed by atoms with van der Waals surface area (Å²) < 4.78 is 6.23. The average Bonchev–Trinajstić information content (AvgIpc) is 3.11. The standard InChI is InChI=1S/C21H21N3O4/c1-23(2)21(27)24-12-16(19(25)14-9-7-13(11-22)8-10-14)18-15(20(26)28-3)5-4-6-17(18)24/h4-10,12H,11,22H2,1-3H3. The number of carbonyl (C=O) groups excluding carboxylic acids is 3. The van der Waals surface area contributed by atoms with Gasteiger partial charge in [-0.2, -0.15) is 0 Å². The van der Waals surface area contributed by atoms with Crippen molar-refractivity contribution in [3.05, 3.63) is 70.9 Å². The Bertz CT molecular complexity index is 1070. The lowest BCUT2D eigenvalue weighted by molar-refractivity contribution is 0.0603. The van der Waals surface area contributed by atoms with Crippen molar-refractivity contribution >= 4 is 28.7 Å². The van der Waals surface area contributed by atoms with Crippen LogP contribution in [0.2, 0.25) is 0 Å². The zero-order chi connectivity index (χ0) is 20.4. The van der Waals surface area contributed by atoms with E-state index in [0.717, 1.165) is 5.56 Å². The number of carbonyl (C=O) groups is 3. The highest BCUT2D eigenvalue weighted by Crippen LogP contribution is 2.28. The van der Waals surface area contributed by atoms with Gasteiger partial charge in [-0.15, -0.1) is 0 Å². The first-order valence-electron chi connectivity index (χ1n) is 8.66. The predicted octanol–water partition coefficient (Wildman–Crippen LogP) is 2.65. The minimum Gasteiger partial charge on any atom is -0.465 e. The van der Waals surface area contributed by atoms with Gasteiger partial charge in [0.2, 0.25) is 0 Å². The summed E-state index contributed by atoms with van der Waals surface area (Å²) in [5.41, 5.74) is 7.90. The Balaban J connectivity index is 2.26. The van der Waals surface area contributed by atoms with Crippen LogP contribution in [-0.2, 0) is 11.3 Å². The van der Waals surface area contributed by atoms with E-state index in [9.17, 15) is 14.4 Å². The lowest BCUT2D eigenvalue weighted by Gasteiger charge is -2.11. The van der Waals surface area contributed by atoms with Gasteiger partial charge in [-0.1, -0.05) is 30.3 Å². The van der Waals surface area contributed by atoms with Crippen molar-refractivity contribution in [3.8, 4) is 0 Å². The van der Waals surface area contributed by atoms with E-state index in [1.54, 1.807) is 56.6 Å². The molecule has 3 rings (SSSR count). The predicted molar refractivity (Wildman–Crippen MR) is 106 cm³/mol. The molecule has 7 nitrogen and oxygen atoms in total. The number of aromatic nitrogens is 1. The average molecular weight is 379 g/mol. The lowest BCUT2D eigenvalue weighted by Crippen LogP contribution is -2.26. The molecule has 0 bridgehead atoms. The van der Waals surface area contributed by atoms with E-state index in [2.05, 4.69) is 0 Å². The van der Waals surface area contributed by atoms with Crippen molar-refractivity contribution in [2.24, 2.45) is 5.73 Å². The summed E-state index contributed by atoms with van der Waals surface area (Å²) in [5, 5.41) is 0.387. The first-order chi connectivity index (χ1) is 13.4. The summed E-state index contributed by atoms with van der Waals surface area (Å²) in [5.74, 6) is -0.872. The van der Waals surface area contributed by atoms with Crippen LogP contribution in [0.15, 0.2) is 48.7 Å². The molecule has 0 saturated carbocycles. The van der Waals surface area contributed by atoms with Gasteiger partial charge < -0.3 is 15.4 Å². The number of ether oxygens (including phenoxy) is 1. The monoisotopic (exact) mass is 379 g/mol. The summed E-state index contributed by atoms with van der Waals surface area (Å²) in [7, 11) is 4.51. The van der Waals surface area contributed by atoms with Gasteiger partial charge >= 0.3 is 12.0 Å². The minimum absolute atomic E-state index is 0.229. The maximum absolute atomic E-state index is 13.2. The first kappa shape index (κ1) is 19.3. The van der Waals surface area contributed by atoms with Crippen LogP contribution < -0.4 is 5.73 Å². The Morgan fingerprint density at radius 2 is 1.71 bits per heavy atom. The summed E-state index contributed by atoms with van der Waals surface area (Å²) >= 11 is 0. The van der Waals surface area contributed by atoms with Crippen molar-refractivity contribution in [1.82, 2.24) is 9.47 Å². The van der Waals surface area contributed by atoms with E-state index in [1.165, 1.54) is 22.8 Å². The third kappa shape index (κ3) is 3.27. The van der Waals surface area contributed by atoms with Gasteiger partial charge in [0.05, 0.1) is 18.2 Å². The number of ketones is 1.